The molecule has 1 heterocycles. The van der Waals surface area contributed by atoms with Gasteiger partial charge in [0.25, 0.3) is 0 Å². The predicted molar refractivity (Wildman–Crippen MR) is 57.2 cm³/mol. The molecule has 1 aliphatic rings. The molecule has 2 nitrogen and oxygen atoms in total. The second-order valence-corrected chi connectivity index (χ2v) is 4.78. The highest BCUT2D eigenvalue weighted by atomic mass is 19.1. The maximum atomic E-state index is 13.7. The molecule has 3 heteroatoms. The topological polar surface area (TPSA) is 35.2 Å². The Morgan fingerprint density at radius 2 is 1.93 bits per heavy atom. The monoisotopic (exact) mass is 209 g/mol. The predicted octanol–water partition coefficient (Wildman–Crippen LogP) is 1.83. The van der Waals surface area contributed by atoms with Crippen molar-refractivity contribution >= 4 is 0 Å². The smallest absolute Gasteiger partial charge is 0.127 e. The molecule has 0 aromatic heterocycles. The number of nitrogens with two attached hydrogens (primary N) is 1. The summed E-state index contributed by atoms with van der Waals surface area (Å²) < 4.78 is 19.0. The average Bonchev–Trinajstić information content (AvgIpc) is 2.03. The Morgan fingerprint density at radius 3 is 2.33 bits per heavy atom. The molecular weight excluding hydrogens is 193 g/mol. The van der Waals surface area contributed by atoms with E-state index in [0.29, 0.717) is 18.8 Å². The van der Waals surface area contributed by atoms with E-state index in [1.54, 1.807) is 12.1 Å². The van der Waals surface area contributed by atoms with Crippen LogP contribution in [0.2, 0.25) is 0 Å². The van der Waals surface area contributed by atoms with Gasteiger partial charge < -0.3 is 10.5 Å². The first-order valence-electron chi connectivity index (χ1n) is 5.09. The van der Waals surface area contributed by atoms with Crippen molar-refractivity contribution < 1.29 is 9.13 Å². The fourth-order valence-corrected chi connectivity index (χ4v) is 2.03. The molecule has 0 aliphatic carbocycles. The Hall–Kier alpha value is -0.930. The highest BCUT2D eigenvalue weighted by molar-refractivity contribution is 5.34. The number of hydrogen-bond acceptors (Lipinski definition) is 2. The molecule has 1 saturated heterocycles. The lowest BCUT2D eigenvalue weighted by atomic mass is 9.65. The zero-order valence-corrected chi connectivity index (χ0v) is 9.09. The van der Waals surface area contributed by atoms with Crippen LogP contribution in [0.4, 0.5) is 4.39 Å². The molecule has 15 heavy (non-hydrogen) atoms. The Morgan fingerprint density at radius 1 is 1.33 bits per heavy atom. The number of benzene rings is 1. The molecular formula is C12H16FNO. The first-order chi connectivity index (χ1) is 6.97. The van der Waals surface area contributed by atoms with E-state index in [0.717, 1.165) is 0 Å². The zero-order chi connectivity index (χ0) is 11.1. The van der Waals surface area contributed by atoms with Gasteiger partial charge in [-0.05, 0) is 19.9 Å². The van der Waals surface area contributed by atoms with Gasteiger partial charge in [-0.15, -0.1) is 0 Å². The SMILES string of the molecule is CC(C)(N)C1(c2ccccc2F)COC1. The van der Waals surface area contributed by atoms with Crippen LogP contribution in [0.3, 0.4) is 0 Å². The first-order valence-corrected chi connectivity index (χ1v) is 5.09. The third-order valence-electron chi connectivity index (χ3n) is 3.32. The van der Waals surface area contributed by atoms with Crippen LogP contribution in [-0.4, -0.2) is 18.8 Å². The minimum Gasteiger partial charge on any atom is -0.379 e. The molecule has 0 saturated carbocycles. The van der Waals surface area contributed by atoms with Gasteiger partial charge in [0.05, 0.1) is 18.6 Å². The van der Waals surface area contributed by atoms with Crippen LogP contribution < -0.4 is 5.73 Å². The lowest BCUT2D eigenvalue weighted by Crippen LogP contribution is -2.65. The van der Waals surface area contributed by atoms with Gasteiger partial charge in [-0.25, -0.2) is 4.39 Å². The van der Waals surface area contributed by atoms with Crippen LogP contribution in [-0.2, 0) is 10.2 Å². The second kappa shape index (κ2) is 3.29. The molecule has 2 rings (SSSR count). The number of hydrogen-bond donors (Lipinski definition) is 1. The van der Waals surface area contributed by atoms with Gasteiger partial charge in [0.2, 0.25) is 0 Å². The summed E-state index contributed by atoms with van der Waals surface area (Å²) in [4.78, 5) is 0. The fraction of sp³-hybridized carbons (Fsp3) is 0.500. The molecule has 1 fully saturated rings. The van der Waals surface area contributed by atoms with Gasteiger partial charge in [-0.1, -0.05) is 18.2 Å². The Balaban J connectivity index is 2.48. The molecule has 0 radical (unpaired) electrons. The van der Waals surface area contributed by atoms with Gasteiger partial charge in [-0.2, -0.15) is 0 Å². The molecule has 1 aromatic carbocycles. The summed E-state index contributed by atoms with van der Waals surface area (Å²) in [6.45, 7) is 4.83. The Labute approximate surface area is 89.2 Å². The summed E-state index contributed by atoms with van der Waals surface area (Å²) in [6, 6.07) is 6.80. The molecule has 2 N–H and O–H groups in total. The normalized spacial score (nSPS) is 19.7. The summed E-state index contributed by atoms with van der Waals surface area (Å²) in [5.41, 5.74) is 5.94. The van der Waals surface area contributed by atoms with E-state index >= 15 is 0 Å². The lowest BCUT2D eigenvalue weighted by Gasteiger charge is -2.51. The quantitative estimate of drug-likeness (QED) is 0.806. The van der Waals surface area contributed by atoms with Gasteiger partial charge in [-0.3, -0.25) is 0 Å². The van der Waals surface area contributed by atoms with Crippen molar-refractivity contribution in [2.75, 3.05) is 13.2 Å². The van der Waals surface area contributed by atoms with Crippen LogP contribution in [0, 0.1) is 5.82 Å². The zero-order valence-electron chi connectivity index (χ0n) is 9.09. The third-order valence-corrected chi connectivity index (χ3v) is 3.32. The molecule has 0 spiro atoms. The van der Waals surface area contributed by atoms with E-state index in [1.165, 1.54) is 6.07 Å². The van der Waals surface area contributed by atoms with Crippen LogP contribution >= 0.6 is 0 Å². The van der Waals surface area contributed by atoms with E-state index in [2.05, 4.69) is 0 Å². The summed E-state index contributed by atoms with van der Waals surface area (Å²) in [5, 5.41) is 0. The Kier molecular flexibility index (Phi) is 2.32. The molecule has 0 unspecified atom stereocenters. The number of ether oxygens (including phenoxy) is 1. The lowest BCUT2D eigenvalue weighted by molar-refractivity contribution is -0.0934. The van der Waals surface area contributed by atoms with Crippen molar-refractivity contribution in [3.63, 3.8) is 0 Å². The van der Waals surface area contributed by atoms with Gasteiger partial charge >= 0.3 is 0 Å². The van der Waals surface area contributed by atoms with Crippen molar-refractivity contribution in [3.8, 4) is 0 Å². The molecule has 0 amide bonds. The molecule has 0 bridgehead atoms. The van der Waals surface area contributed by atoms with E-state index in [4.69, 9.17) is 10.5 Å². The van der Waals surface area contributed by atoms with Gasteiger partial charge in [0.15, 0.2) is 0 Å². The van der Waals surface area contributed by atoms with Crippen molar-refractivity contribution in [2.24, 2.45) is 5.73 Å². The highest BCUT2D eigenvalue weighted by Crippen LogP contribution is 2.41. The molecule has 1 aliphatic heterocycles. The second-order valence-electron chi connectivity index (χ2n) is 4.78. The number of halogens is 1. The molecule has 82 valence electrons. The molecule has 0 atom stereocenters. The minimum atomic E-state index is -0.479. The van der Waals surface area contributed by atoms with Crippen molar-refractivity contribution in [1.29, 1.82) is 0 Å². The minimum absolute atomic E-state index is 0.195. The fourth-order valence-electron chi connectivity index (χ4n) is 2.03. The van der Waals surface area contributed by atoms with Crippen LogP contribution in [0.1, 0.15) is 19.4 Å². The first kappa shape index (κ1) is 10.6. The average molecular weight is 209 g/mol. The van der Waals surface area contributed by atoms with Crippen LogP contribution in [0.25, 0.3) is 0 Å². The van der Waals surface area contributed by atoms with E-state index < -0.39 is 5.54 Å². The van der Waals surface area contributed by atoms with Crippen LogP contribution in [0.15, 0.2) is 24.3 Å². The Bertz CT molecular complexity index is 366. The van der Waals surface area contributed by atoms with Crippen molar-refractivity contribution in [3.05, 3.63) is 35.6 Å². The summed E-state index contributed by atoms with van der Waals surface area (Å²) in [7, 11) is 0. The van der Waals surface area contributed by atoms with E-state index in [-0.39, 0.29) is 11.2 Å². The third kappa shape index (κ3) is 1.46. The maximum Gasteiger partial charge on any atom is 0.127 e. The van der Waals surface area contributed by atoms with Gasteiger partial charge in [0, 0.05) is 11.1 Å². The standard InChI is InChI=1S/C12H16FNO/c1-11(2,14)12(7-15-8-12)9-5-3-4-6-10(9)13/h3-6H,7-8,14H2,1-2H3. The van der Waals surface area contributed by atoms with E-state index in [9.17, 15) is 4.39 Å². The van der Waals surface area contributed by atoms with E-state index in [1.807, 2.05) is 19.9 Å². The van der Waals surface area contributed by atoms with Crippen molar-refractivity contribution in [1.82, 2.24) is 0 Å². The summed E-state index contributed by atoms with van der Waals surface area (Å²) in [5.74, 6) is -0.195. The maximum absolute atomic E-state index is 13.7. The molecule has 1 aromatic rings. The highest BCUT2D eigenvalue weighted by Gasteiger charge is 2.51. The van der Waals surface area contributed by atoms with Crippen LogP contribution in [0.5, 0.6) is 0 Å². The largest absolute Gasteiger partial charge is 0.379 e. The van der Waals surface area contributed by atoms with Gasteiger partial charge in [0.1, 0.15) is 5.82 Å². The van der Waals surface area contributed by atoms with Crippen molar-refractivity contribution in [2.45, 2.75) is 24.8 Å². The number of rotatable bonds is 2. The summed E-state index contributed by atoms with van der Waals surface area (Å²) in [6.07, 6.45) is 0. The summed E-state index contributed by atoms with van der Waals surface area (Å²) >= 11 is 0.